The van der Waals surface area contributed by atoms with Crippen LogP contribution in [0.25, 0.3) is 0 Å². The summed E-state index contributed by atoms with van der Waals surface area (Å²) < 4.78 is 0. The van der Waals surface area contributed by atoms with Gasteiger partial charge in [-0.15, -0.1) is 16.4 Å². The average Bonchev–Trinajstić information content (AvgIpc) is 2.96. The highest BCUT2D eigenvalue weighted by molar-refractivity contribution is 7.09. The first-order valence-corrected chi connectivity index (χ1v) is 5.74. The molecule has 6 nitrogen and oxygen atoms in total. The first kappa shape index (κ1) is 10.7. The molecular formula is C9H11N5OS. The predicted molar refractivity (Wildman–Crippen MR) is 59.0 cm³/mol. The van der Waals surface area contributed by atoms with Crippen LogP contribution in [0.1, 0.15) is 28.2 Å². The third-order valence-electron chi connectivity index (χ3n) is 1.98. The Morgan fingerprint density at radius 1 is 1.62 bits per heavy atom. The second kappa shape index (κ2) is 4.84. The van der Waals surface area contributed by atoms with Crippen molar-refractivity contribution in [2.45, 2.75) is 19.9 Å². The molecule has 2 aromatic heterocycles. The van der Waals surface area contributed by atoms with Gasteiger partial charge in [-0.2, -0.15) is 0 Å². The summed E-state index contributed by atoms with van der Waals surface area (Å²) in [7, 11) is 0. The van der Waals surface area contributed by atoms with Gasteiger partial charge in [0, 0.05) is 17.5 Å². The Hall–Kier alpha value is -1.76. The van der Waals surface area contributed by atoms with Gasteiger partial charge >= 0.3 is 0 Å². The summed E-state index contributed by atoms with van der Waals surface area (Å²) in [6.45, 7) is 2.40. The Kier molecular flexibility index (Phi) is 3.25. The summed E-state index contributed by atoms with van der Waals surface area (Å²) in [5, 5.41) is 9.25. The van der Waals surface area contributed by atoms with Gasteiger partial charge in [0.2, 0.25) is 5.82 Å². The third-order valence-corrected chi connectivity index (χ3v) is 2.76. The number of rotatable bonds is 4. The molecule has 2 N–H and O–H groups in total. The number of aromatic amines is 1. The number of carbonyl (C=O) groups excluding carboxylic acids is 1. The van der Waals surface area contributed by atoms with Crippen LogP contribution < -0.4 is 5.32 Å². The van der Waals surface area contributed by atoms with Crippen molar-refractivity contribution >= 4 is 17.2 Å². The van der Waals surface area contributed by atoms with Crippen molar-refractivity contribution in [1.82, 2.24) is 25.5 Å². The summed E-state index contributed by atoms with van der Waals surface area (Å²) >= 11 is 1.50. The van der Waals surface area contributed by atoms with Crippen LogP contribution in [0, 0.1) is 0 Å². The van der Waals surface area contributed by atoms with Crippen LogP contribution in [-0.4, -0.2) is 26.1 Å². The number of nitrogens with one attached hydrogen (secondary N) is 2. The Balaban J connectivity index is 1.93. The van der Waals surface area contributed by atoms with Gasteiger partial charge in [0.1, 0.15) is 5.82 Å². The quantitative estimate of drug-likeness (QED) is 0.822. The van der Waals surface area contributed by atoms with Gasteiger partial charge in [0.25, 0.3) is 5.91 Å². The largest absolute Gasteiger partial charge is 0.344 e. The van der Waals surface area contributed by atoms with E-state index in [4.69, 9.17) is 0 Å². The topological polar surface area (TPSA) is 83.6 Å². The lowest BCUT2D eigenvalue weighted by atomic mass is 10.4. The Morgan fingerprint density at radius 3 is 3.12 bits per heavy atom. The SMILES string of the molecule is CCc1nc(C(=O)NCc2cncs2)n[nH]1. The average molecular weight is 237 g/mol. The van der Waals surface area contributed by atoms with Crippen LogP contribution in [0.2, 0.25) is 0 Å². The van der Waals surface area contributed by atoms with E-state index >= 15 is 0 Å². The molecule has 0 unspecified atom stereocenters. The van der Waals surface area contributed by atoms with Gasteiger partial charge in [-0.25, -0.2) is 4.98 Å². The summed E-state index contributed by atoms with van der Waals surface area (Å²) in [5.41, 5.74) is 1.73. The predicted octanol–water partition coefficient (Wildman–Crippen LogP) is 0.754. The molecule has 0 aliphatic rings. The number of aryl methyl sites for hydroxylation is 1. The molecule has 0 aliphatic heterocycles. The maximum Gasteiger partial charge on any atom is 0.291 e. The summed E-state index contributed by atoms with van der Waals surface area (Å²) in [6.07, 6.45) is 2.45. The molecule has 0 atom stereocenters. The number of nitrogens with zero attached hydrogens (tertiary/aromatic N) is 3. The van der Waals surface area contributed by atoms with E-state index in [1.807, 2.05) is 6.92 Å². The van der Waals surface area contributed by atoms with Crippen LogP contribution in [0.15, 0.2) is 11.7 Å². The van der Waals surface area contributed by atoms with Gasteiger partial charge in [-0.05, 0) is 0 Å². The van der Waals surface area contributed by atoms with Crippen molar-refractivity contribution < 1.29 is 4.79 Å². The van der Waals surface area contributed by atoms with Crippen LogP contribution in [0.3, 0.4) is 0 Å². The fourth-order valence-corrected chi connectivity index (χ4v) is 1.67. The summed E-state index contributed by atoms with van der Waals surface area (Å²) in [6, 6.07) is 0. The van der Waals surface area contributed by atoms with E-state index in [1.54, 1.807) is 11.7 Å². The second-order valence-corrected chi connectivity index (χ2v) is 4.08. The Bertz CT molecular complexity index is 464. The summed E-state index contributed by atoms with van der Waals surface area (Å²) in [4.78, 5) is 20.6. The highest BCUT2D eigenvalue weighted by Crippen LogP contribution is 2.04. The van der Waals surface area contributed by atoms with Crippen molar-refractivity contribution in [3.8, 4) is 0 Å². The number of H-pyrrole nitrogens is 1. The minimum absolute atomic E-state index is 0.182. The lowest BCUT2D eigenvalue weighted by molar-refractivity contribution is 0.0941. The van der Waals surface area contributed by atoms with Crippen molar-refractivity contribution in [3.05, 3.63) is 28.2 Å². The first-order valence-electron chi connectivity index (χ1n) is 4.86. The highest BCUT2D eigenvalue weighted by Gasteiger charge is 2.11. The molecule has 7 heteroatoms. The second-order valence-electron chi connectivity index (χ2n) is 3.11. The molecule has 0 fully saturated rings. The van der Waals surface area contributed by atoms with Gasteiger partial charge < -0.3 is 5.32 Å². The standard InChI is InChI=1S/C9H11N5OS/c1-2-7-12-8(14-13-7)9(15)11-4-6-3-10-5-16-6/h3,5H,2,4H2,1H3,(H,11,15)(H,12,13,14). The molecule has 84 valence electrons. The van der Waals surface area contributed by atoms with Crippen molar-refractivity contribution in [2.24, 2.45) is 0 Å². The van der Waals surface area contributed by atoms with E-state index in [0.29, 0.717) is 12.4 Å². The number of aromatic nitrogens is 4. The molecule has 1 amide bonds. The van der Waals surface area contributed by atoms with Crippen molar-refractivity contribution in [3.63, 3.8) is 0 Å². The molecule has 2 rings (SSSR count). The molecule has 0 saturated heterocycles. The maximum atomic E-state index is 11.6. The van der Waals surface area contributed by atoms with E-state index in [2.05, 4.69) is 25.5 Å². The smallest absolute Gasteiger partial charge is 0.291 e. The lowest BCUT2D eigenvalue weighted by Gasteiger charge is -1.98. The number of hydrogen-bond donors (Lipinski definition) is 2. The molecule has 0 radical (unpaired) electrons. The third kappa shape index (κ3) is 2.43. The van der Waals surface area contributed by atoms with E-state index in [9.17, 15) is 4.79 Å². The van der Waals surface area contributed by atoms with Gasteiger partial charge in [0.15, 0.2) is 0 Å². The fourth-order valence-electron chi connectivity index (χ4n) is 1.13. The number of amides is 1. The zero-order chi connectivity index (χ0) is 11.4. The highest BCUT2D eigenvalue weighted by atomic mass is 32.1. The van der Waals surface area contributed by atoms with Crippen LogP contribution in [0.5, 0.6) is 0 Å². The van der Waals surface area contributed by atoms with E-state index in [0.717, 1.165) is 11.3 Å². The van der Waals surface area contributed by atoms with Crippen molar-refractivity contribution in [1.29, 1.82) is 0 Å². The summed E-state index contributed by atoms with van der Waals surface area (Å²) in [5.74, 6) is 0.619. The van der Waals surface area contributed by atoms with E-state index < -0.39 is 0 Å². The molecule has 16 heavy (non-hydrogen) atoms. The van der Waals surface area contributed by atoms with Gasteiger partial charge in [-0.1, -0.05) is 6.92 Å². The zero-order valence-corrected chi connectivity index (χ0v) is 9.54. The molecule has 0 bridgehead atoms. The van der Waals surface area contributed by atoms with E-state index in [-0.39, 0.29) is 11.7 Å². The zero-order valence-electron chi connectivity index (χ0n) is 8.73. The first-order chi connectivity index (χ1) is 7.79. The number of carbonyl (C=O) groups is 1. The van der Waals surface area contributed by atoms with E-state index in [1.165, 1.54) is 11.3 Å². The van der Waals surface area contributed by atoms with Crippen LogP contribution in [-0.2, 0) is 13.0 Å². The molecule has 0 aromatic carbocycles. The van der Waals surface area contributed by atoms with Crippen molar-refractivity contribution in [2.75, 3.05) is 0 Å². The number of hydrogen-bond acceptors (Lipinski definition) is 5. The molecule has 0 aliphatic carbocycles. The lowest BCUT2D eigenvalue weighted by Crippen LogP contribution is -2.23. The normalized spacial score (nSPS) is 10.3. The van der Waals surface area contributed by atoms with Crippen LogP contribution >= 0.6 is 11.3 Å². The fraction of sp³-hybridized carbons (Fsp3) is 0.333. The monoisotopic (exact) mass is 237 g/mol. The number of thiazole rings is 1. The van der Waals surface area contributed by atoms with Gasteiger partial charge in [0.05, 0.1) is 12.1 Å². The molecule has 0 spiro atoms. The molecule has 2 aromatic rings. The minimum Gasteiger partial charge on any atom is -0.344 e. The molecule has 0 saturated carbocycles. The molecule has 2 heterocycles. The Labute approximate surface area is 96.1 Å². The molecular weight excluding hydrogens is 226 g/mol. The Morgan fingerprint density at radius 2 is 2.50 bits per heavy atom. The minimum atomic E-state index is -0.274. The van der Waals surface area contributed by atoms with Crippen LogP contribution in [0.4, 0.5) is 0 Å². The van der Waals surface area contributed by atoms with Gasteiger partial charge in [-0.3, -0.25) is 14.9 Å². The maximum absolute atomic E-state index is 11.6.